The monoisotopic (exact) mass is 294 g/mol. The third-order valence-corrected chi connectivity index (χ3v) is 4.02. The Balaban J connectivity index is 2.98. The Morgan fingerprint density at radius 1 is 1.10 bits per heavy atom. The van der Waals surface area contributed by atoms with E-state index in [-0.39, 0.29) is 6.04 Å². The zero-order valence-electron chi connectivity index (χ0n) is 14.2. The number of rotatable bonds is 8. The maximum atomic E-state index is 6.02. The molecule has 0 aliphatic heterocycles. The second-order valence-corrected chi connectivity index (χ2v) is 6.01. The number of benzene rings is 1. The van der Waals surface area contributed by atoms with Crippen molar-refractivity contribution in [3.05, 3.63) is 23.8 Å². The minimum absolute atomic E-state index is 0.179. The van der Waals surface area contributed by atoms with Crippen molar-refractivity contribution in [1.29, 1.82) is 0 Å². The van der Waals surface area contributed by atoms with E-state index in [0.29, 0.717) is 18.5 Å². The van der Waals surface area contributed by atoms with Gasteiger partial charge in [-0.25, -0.2) is 0 Å². The van der Waals surface area contributed by atoms with Gasteiger partial charge in [-0.3, -0.25) is 4.90 Å². The van der Waals surface area contributed by atoms with Crippen molar-refractivity contribution in [2.45, 2.75) is 39.3 Å². The summed E-state index contributed by atoms with van der Waals surface area (Å²) in [6.07, 6.45) is 1.15. The maximum Gasteiger partial charge on any atom is 0.161 e. The van der Waals surface area contributed by atoms with Gasteiger partial charge in [0, 0.05) is 18.6 Å². The van der Waals surface area contributed by atoms with Gasteiger partial charge in [-0.1, -0.05) is 19.9 Å². The lowest BCUT2D eigenvalue weighted by atomic mass is 9.99. The Kier molecular flexibility index (Phi) is 6.99. The molecule has 0 spiro atoms. The Bertz CT molecular complexity index is 435. The highest BCUT2D eigenvalue weighted by Gasteiger charge is 2.22. The van der Waals surface area contributed by atoms with Crippen LogP contribution in [0, 0.1) is 5.92 Å². The molecule has 0 amide bonds. The van der Waals surface area contributed by atoms with Crippen LogP contribution >= 0.6 is 0 Å². The molecule has 2 atom stereocenters. The summed E-state index contributed by atoms with van der Waals surface area (Å²) in [5.41, 5.74) is 7.18. The van der Waals surface area contributed by atoms with Crippen LogP contribution in [-0.2, 0) is 0 Å². The lowest BCUT2D eigenvalue weighted by Crippen LogP contribution is -2.37. The number of hydrogen-bond acceptors (Lipinski definition) is 4. The van der Waals surface area contributed by atoms with Crippen molar-refractivity contribution in [2.75, 3.05) is 27.8 Å². The molecule has 0 radical (unpaired) electrons. The molecule has 1 aromatic rings. The second kappa shape index (κ2) is 8.25. The Morgan fingerprint density at radius 2 is 1.71 bits per heavy atom. The molecule has 4 nitrogen and oxygen atoms in total. The fourth-order valence-electron chi connectivity index (χ4n) is 2.75. The van der Waals surface area contributed by atoms with E-state index in [0.717, 1.165) is 23.5 Å². The van der Waals surface area contributed by atoms with Crippen LogP contribution in [-0.4, -0.2) is 38.8 Å². The van der Waals surface area contributed by atoms with Crippen molar-refractivity contribution in [3.8, 4) is 11.5 Å². The summed E-state index contributed by atoms with van der Waals surface area (Å²) in [5.74, 6) is 2.17. The van der Waals surface area contributed by atoms with E-state index in [2.05, 4.69) is 38.8 Å². The molecule has 4 heteroatoms. The average molecular weight is 294 g/mol. The van der Waals surface area contributed by atoms with Crippen LogP contribution in [0.5, 0.6) is 11.5 Å². The highest BCUT2D eigenvalue weighted by atomic mass is 16.5. The minimum atomic E-state index is 0.179. The fourth-order valence-corrected chi connectivity index (χ4v) is 2.75. The van der Waals surface area contributed by atoms with Gasteiger partial charge in [0.2, 0.25) is 0 Å². The first kappa shape index (κ1) is 17.8. The molecular formula is C17H30N2O2. The van der Waals surface area contributed by atoms with Crippen molar-refractivity contribution in [1.82, 2.24) is 4.90 Å². The summed E-state index contributed by atoms with van der Waals surface area (Å²) < 4.78 is 10.7. The number of nitrogens with two attached hydrogens (primary N) is 1. The number of likely N-dealkylation sites (N-methyl/N-ethyl adjacent to an activating group) is 1. The molecular weight excluding hydrogens is 264 g/mol. The van der Waals surface area contributed by atoms with E-state index < -0.39 is 0 Å². The molecule has 1 rings (SSSR count). The first-order valence-corrected chi connectivity index (χ1v) is 7.58. The quantitative estimate of drug-likeness (QED) is 0.800. The molecule has 2 N–H and O–H groups in total. The summed E-state index contributed by atoms with van der Waals surface area (Å²) >= 11 is 0. The van der Waals surface area contributed by atoms with Crippen LogP contribution < -0.4 is 15.2 Å². The fraction of sp³-hybridized carbons (Fsp3) is 0.647. The second-order valence-electron chi connectivity index (χ2n) is 6.01. The Hall–Kier alpha value is -1.26. The smallest absolute Gasteiger partial charge is 0.161 e. The van der Waals surface area contributed by atoms with Crippen LogP contribution in [0.2, 0.25) is 0 Å². The molecule has 0 heterocycles. The van der Waals surface area contributed by atoms with Crippen LogP contribution in [0.1, 0.15) is 38.8 Å². The van der Waals surface area contributed by atoms with Crippen LogP contribution in [0.4, 0.5) is 0 Å². The molecule has 2 unspecified atom stereocenters. The van der Waals surface area contributed by atoms with Crippen LogP contribution in [0.3, 0.4) is 0 Å². The lowest BCUT2D eigenvalue weighted by Gasteiger charge is -2.34. The normalized spacial score (nSPS) is 14.3. The number of hydrogen-bond donors (Lipinski definition) is 1. The maximum absolute atomic E-state index is 6.02. The average Bonchev–Trinajstić information content (AvgIpc) is 2.46. The third-order valence-electron chi connectivity index (χ3n) is 4.02. The van der Waals surface area contributed by atoms with E-state index in [1.54, 1.807) is 14.2 Å². The van der Waals surface area contributed by atoms with E-state index in [1.165, 1.54) is 0 Å². The SMILES string of the molecule is COc1ccc(C(CN)N(C)C(C)CC(C)C)cc1OC. The minimum Gasteiger partial charge on any atom is -0.493 e. The van der Waals surface area contributed by atoms with E-state index >= 15 is 0 Å². The molecule has 0 aliphatic carbocycles. The van der Waals surface area contributed by atoms with Gasteiger partial charge in [-0.2, -0.15) is 0 Å². The summed E-state index contributed by atoms with van der Waals surface area (Å²) in [4.78, 5) is 2.35. The molecule has 0 bridgehead atoms. The van der Waals surface area contributed by atoms with Crippen molar-refractivity contribution in [2.24, 2.45) is 11.7 Å². The summed E-state index contributed by atoms with van der Waals surface area (Å²) in [6, 6.07) is 6.69. The number of methoxy groups -OCH3 is 2. The van der Waals surface area contributed by atoms with E-state index in [1.807, 2.05) is 12.1 Å². The van der Waals surface area contributed by atoms with Gasteiger partial charge in [0.15, 0.2) is 11.5 Å². The topological polar surface area (TPSA) is 47.7 Å². The molecule has 0 fully saturated rings. The van der Waals surface area contributed by atoms with Crippen molar-refractivity contribution < 1.29 is 9.47 Å². The zero-order valence-corrected chi connectivity index (χ0v) is 14.2. The third kappa shape index (κ3) is 4.61. The van der Waals surface area contributed by atoms with Crippen LogP contribution in [0.15, 0.2) is 18.2 Å². The van der Waals surface area contributed by atoms with Gasteiger partial charge in [0.1, 0.15) is 0 Å². The van der Waals surface area contributed by atoms with Gasteiger partial charge >= 0.3 is 0 Å². The van der Waals surface area contributed by atoms with E-state index in [4.69, 9.17) is 15.2 Å². The number of ether oxygens (including phenoxy) is 2. The Labute approximate surface area is 129 Å². The lowest BCUT2D eigenvalue weighted by molar-refractivity contribution is 0.168. The highest BCUT2D eigenvalue weighted by molar-refractivity contribution is 5.43. The predicted molar refractivity (Wildman–Crippen MR) is 88.0 cm³/mol. The van der Waals surface area contributed by atoms with Gasteiger partial charge in [-0.15, -0.1) is 0 Å². The molecule has 1 aromatic carbocycles. The molecule has 0 aromatic heterocycles. The summed E-state index contributed by atoms with van der Waals surface area (Å²) in [7, 11) is 5.44. The Morgan fingerprint density at radius 3 is 2.19 bits per heavy atom. The van der Waals surface area contributed by atoms with Crippen molar-refractivity contribution in [3.63, 3.8) is 0 Å². The molecule has 120 valence electrons. The molecule has 0 saturated heterocycles. The largest absolute Gasteiger partial charge is 0.493 e. The molecule has 0 saturated carbocycles. The van der Waals surface area contributed by atoms with Crippen molar-refractivity contribution >= 4 is 0 Å². The van der Waals surface area contributed by atoms with Gasteiger partial charge in [0.05, 0.1) is 14.2 Å². The summed E-state index contributed by atoms with van der Waals surface area (Å²) in [5, 5.41) is 0. The molecule has 0 aliphatic rings. The standard InChI is InChI=1S/C17H30N2O2/c1-12(2)9-13(3)19(4)15(11-18)14-7-8-16(20-5)17(10-14)21-6/h7-8,10,12-13,15H,9,11,18H2,1-6H3. The first-order chi connectivity index (χ1) is 9.94. The zero-order chi connectivity index (χ0) is 16.0. The van der Waals surface area contributed by atoms with Gasteiger partial charge < -0.3 is 15.2 Å². The molecule has 21 heavy (non-hydrogen) atoms. The first-order valence-electron chi connectivity index (χ1n) is 7.58. The summed E-state index contributed by atoms with van der Waals surface area (Å²) in [6.45, 7) is 7.33. The van der Waals surface area contributed by atoms with E-state index in [9.17, 15) is 0 Å². The van der Waals surface area contributed by atoms with Gasteiger partial charge in [0.25, 0.3) is 0 Å². The highest BCUT2D eigenvalue weighted by Crippen LogP contribution is 2.32. The number of nitrogens with zero attached hydrogens (tertiary/aromatic N) is 1. The van der Waals surface area contributed by atoms with Gasteiger partial charge in [-0.05, 0) is 44.0 Å². The van der Waals surface area contributed by atoms with Crippen LogP contribution in [0.25, 0.3) is 0 Å². The predicted octanol–water partition coefficient (Wildman–Crippen LogP) is 3.07.